The van der Waals surface area contributed by atoms with E-state index in [1.165, 1.54) is 23.5 Å². The van der Waals surface area contributed by atoms with E-state index in [0.717, 1.165) is 0 Å². The van der Waals surface area contributed by atoms with Crippen LogP contribution in [-0.2, 0) is 4.79 Å². The number of carbonyl (C=O) groups is 2. The Morgan fingerprint density at radius 2 is 1.79 bits per heavy atom. The first kappa shape index (κ1) is 18.7. The van der Waals surface area contributed by atoms with Crippen molar-refractivity contribution in [2.75, 3.05) is 10.6 Å². The van der Waals surface area contributed by atoms with Crippen molar-refractivity contribution in [3.63, 3.8) is 0 Å². The Hall–Kier alpha value is -1.63. The number of benzene rings is 1. The first-order valence-electron chi connectivity index (χ1n) is 7.15. The number of halogens is 2. The first-order valence-corrected chi connectivity index (χ1v) is 8.79. The zero-order valence-electron chi connectivity index (χ0n) is 13.4. The van der Waals surface area contributed by atoms with E-state index < -0.39 is 0 Å². The molecule has 0 bridgehead atoms. The van der Waals surface area contributed by atoms with E-state index in [1.54, 1.807) is 11.6 Å². The Morgan fingerprint density at radius 1 is 1.17 bits per heavy atom. The Labute approximate surface area is 154 Å². The number of rotatable bonds is 4. The van der Waals surface area contributed by atoms with Gasteiger partial charge in [0, 0.05) is 23.6 Å². The van der Waals surface area contributed by atoms with Gasteiger partial charge in [0.05, 0.1) is 15.7 Å². The molecule has 5 nitrogen and oxygen atoms in total. The summed E-state index contributed by atoms with van der Waals surface area (Å²) < 4.78 is 0. The van der Waals surface area contributed by atoms with Crippen LogP contribution in [0.4, 0.5) is 10.8 Å². The standard InChI is InChI=1S/C16H17Cl2N3O2S/c1-16(2,3)8-12(22)20-13-10(17)6-9(7-11(13)18)14(23)21-15-19-4-5-24-15/h4-7H,8H2,1-3H3,(H,20,22)(H,19,21,23). The van der Waals surface area contributed by atoms with Gasteiger partial charge in [-0.05, 0) is 17.5 Å². The van der Waals surface area contributed by atoms with Crippen LogP contribution in [0.25, 0.3) is 0 Å². The summed E-state index contributed by atoms with van der Waals surface area (Å²) in [6, 6.07) is 2.92. The molecule has 0 spiro atoms. The molecule has 2 amide bonds. The van der Waals surface area contributed by atoms with Crippen LogP contribution in [0.5, 0.6) is 0 Å². The molecule has 0 saturated carbocycles. The highest BCUT2D eigenvalue weighted by Crippen LogP contribution is 2.33. The average Bonchev–Trinajstić information content (AvgIpc) is 2.93. The van der Waals surface area contributed by atoms with Gasteiger partial charge in [-0.2, -0.15) is 0 Å². The summed E-state index contributed by atoms with van der Waals surface area (Å²) >= 11 is 13.7. The molecular weight excluding hydrogens is 369 g/mol. The van der Waals surface area contributed by atoms with Gasteiger partial charge in [0.2, 0.25) is 5.91 Å². The number of nitrogens with zero attached hydrogens (tertiary/aromatic N) is 1. The van der Waals surface area contributed by atoms with E-state index in [9.17, 15) is 9.59 Å². The van der Waals surface area contributed by atoms with Crippen LogP contribution in [0.2, 0.25) is 10.0 Å². The second kappa shape index (κ2) is 7.51. The van der Waals surface area contributed by atoms with Gasteiger partial charge in [-0.15, -0.1) is 11.3 Å². The highest BCUT2D eigenvalue weighted by Gasteiger charge is 2.19. The highest BCUT2D eigenvalue weighted by atomic mass is 35.5. The zero-order chi connectivity index (χ0) is 17.9. The Morgan fingerprint density at radius 3 is 2.29 bits per heavy atom. The molecule has 0 aliphatic carbocycles. The Bertz CT molecular complexity index is 732. The van der Waals surface area contributed by atoms with Gasteiger partial charge >= 0.3 is 0 Å². The maximum absolute atomic E-state index is 12.2. The van der Waals surface area contributed by atoms with Crippen molar-refractivity contribution in [3.8, 4) is 0 Å². The summed E-state index contributed by atoms with van der Waals surface area (Å²) in [7, 11) is 0. The number of carbonyl (C=O) groups excluding carboxylic acids is 2. The van der Waals surface area contributed by atoms with Crippen molar-refractivity contribution in [3.05, 3.63) is 39.3 Å². The van der Waals surface area contributed by atoms with E-state index in [-0.39, 0.29) is 32.8 Å². The fourth-order valence-corrected chi connectivity index (χ4v) is 3.05. The number of aromatic nitrogens is 1. The number of amides is 2. The minimum atomic E-state index is -0.374. The topological polar surface area (TPSA) is 71.1 Å². The fraction of sp³-hybridized carbons (Fsp3) is 0.312. The summed E-state index contributed by atoms with van der Waals surface area (Å²) in [6.07, 6.45) is 1.92. The molecule has 128 valence electrons. The molecule has 1 heterocycles. The minimum absolute atomic E-state index is 0.156. The molecule has 0 radical (unpaired) electrons. The molecule has 0 aliphatic rings. The first-order chi connectivity index (χ1) is 11.2. The number of anilines is 2. The lowest BCUT2D eigenvalue weighted by molar-refractivity contribution is -0.117. The zero-order valence-corrected chi connectivity index (χ0v) is 15.8. The molecule has 0 aliphatic heterocycles. The normalized spacial score (nSPS) is 11.2. The van der Waals surface area contributed by atoms with Gasteiger partial charge in [-0.1, -0.05) is 44.0 Å². The van der Waals surface area contributed by atoms with Crippen LogP contribution in [0, 0.1) is 5.41 Å². The van der Waals surface area contributed by atoms with Crippen molar-refractivity contribution in [1.29, 1.82) is 0 Å². The van der Waals surface area contributed by atoms with Crippen LogP contribution in [0.1, 0.15) is 37.6 Å². The highest BCUT2D eigenvalue weighted by molar-refractivity contribution is 7.13. The third kappa shape index (κ3) is 5.19. The minimum Gasteiger partial charge on any atom is -0.324 e. The van der Waals surface area contributed by atoms with E-state index in [4.69, 9.17) is 23.2 Å². The number of thiazole rings is 1. The summed E-state index contributed by atoms with van der Waals surface area (Å²) in [5, 5.41) is 7.99. The molecule has 0 saturated heterocycles. The van der Waals surface area contributed by atoms with Crippen molar-refractivity contribution in [2.45, 2.75) is 27.2 Å². The lowest BCUT2D eigenvalue weighted by atomic mass is 9.92. The summed E-state index contributed by atoms with van der Waals surface area (Å²) in [5.41, 5.74) is 0.434. The third-order valence-electron chi connectivity index (χ3n) is 2.91. The molecule has 1 aromatic heterocycles. The van der Waals surface area contributed by atoms with Crippen molar-refractivity contribution in [2.24, 2.45) is 5.41 Å². The van der Waals surface area contributed by atoms with E-state index >= 15 is 0 Å². The van der Waals surface area contributed by atoms with Crippen molar-refractivity contribution >= 4 is 57.2 Å². The second-order valence-electron chi connectivity index (χ2n) is 6.39. The van der Waals surface area contributed by atoms with Crippen molar-refractivity contribution in [1.82, 2.24) is 4.98 Å². The van der Waals surface area contributed by atoms with Gasteiger partial charge in [0.15, 0.2) is 5.13 Å². The van der Waals surface area contributed by atoms with Crippen molar-refractivity contribution < 1.29 is 9.59 Å². The third-order valence-corrected chi connectivity index (χ3v) is 4.20. The quantitative estimate of drug-likeness (QED) is 0.770. The molecule has 0 atom stereocenters. The predicted octanol–water partition coefficient (Wildman–Crippen LogP) is 5.08. The Balaban J connectivity index is 2.16. The molecule has 2 N–H and O–H groups in total. The molecular formula is C16H17Cl2N3O2S. The Kier molecular flexibility index (Phi) is 5.85. The summed E-state index contributed by atoms with van der Waals surface area (Å²) in [4.78, 5) is 28.2. The maximum Gasteiger partial charge on any atom is 0.257 e. The predicted molar refractivity (Wildman–Crippen MR) is 99.2 cm³/mol. The second-order valence-corrected chi connectivity index (χ2v) is 8.10. The van der Waals surface area contributed by atoms with Crippen LogP contribution < -0.4 is 10.6 Å². The van der Waals surface area contributed by atoms with Gasteiger partial charge < -0.3 is 5.32 Å². The summed E-state index contributed by atoms with van der Waals surface area (Å²) in [6.45, 7) is 5.88. The molecule has 2 aromatic rings. The van der Waals surface area contributed by atoms with Crippen LogP contribution >= 0.6 is 34.5 Å². The van der Waals surface area contributed by atoms with Crippen LogP contribution in [0.15, 0.2) is 23.7 Å². The fourth-order valence-electron chi connectivity index (χ4n) is 1.94. The van der Waals surface area contributed by atoms with Gasteiger partial charge in [-0.25, -0.2) is 4.98 Å². The lowest BCUT2D eigenvalue weighted by Crippen LogP contribution is -2.20. The summed E-state index contributed by atoms with van der Waals surface area (Å²) in [5.74, 6) is -0.562. The van der Waals surface area contributed by atoms with E-state index in [1.807, 2.05) is 20.8 Å². The molecule has 1 aromatic carbocycles. The van der Waals surface area contributed by atoms with Crippen LogP contribution in [0.3, 0.4) is 0 Å². The van der Waals surface area contributed by atoms with E-state index in [2.05, 4.69) is 15.6 Å². The molecule has 2 rings (SSSR count). The molecule has 8 heteroatoms. The number of hydrogen-bond donors (Lipinski definition) is 2. The lowest BCUT2D eigenvalue weighted by Gasteiger charge is -2.18. The van der Waals surface area contributed by atoms with Gasteiger partial charge in [0.1, 0.15) is 0 Å². The molecule has 0 fully saturated rings. The largest absolute Gasteiger partial charge is 0.324 e. The van der Waals surface area contributed by atoms with Crippen LogP contribution in [-0.4, -0.2) is 16.8 Å². The van der Waals surface area contributed by atoms with Gasteiger partial charge in [0.25, 0.3) is 5.91 Å². The monoisotopic (exact) mass is 385 g/mol. The number of nitrogens with one attached hydrogen (secondary N) is 2. The molecule has 0 unspecified atom stereocenters. The average molecular weight is 386 g/mol. The maximum atomic E-state index is 12.2. The van der Waals surface area contributed by atoms with Gasteiger partial charge in [-0.3, -0.25) is 14.9 Å². The number of hydrogen-bond acceptors (Lipinski definition) is 4. The molecule has 24 heavy (non-hydrogen) atoms. The van der Waals surface area contributed by atoms with E-state index in [0.29, 0.717) is 17.2 Å². The smallest absolute Gasteiger partial charge is 0.257 e. The SMILES string of the molecule is CC(C)(C)CC(=O)Nc1c(Cl)cc(C(=O)Nc2nccs2)cc1Cl.